The summed E-state index contributed by atoms with van der Waals surface area (Å²) in [6.07, 6.45) is 6.24. The van der Waals surface area contributed by atoms with E-state index in [2.05, 4.69) is 22.4 Å². The van der Waals surface area contributed by atoms with Crippen molar-refractivity contribution in [1.29, 1.82) is 0 Å². The number of hydrogen-bond acceptors (Lipinski definition) is 4. The van der Waals surface area contributed by atoms with E-state index in [9.17, 15) is 4.79 Å². The third-order valence-corrected chi connectivity index (χ3v) is 4.61. The van der Waals surface area contributed by atoms with Gasteiger partial charge in [-0.05, 0) is 49.6 Å². The van der Waals surface area contributed by atoms with Crippen LogP contribution in [0.1, 0.15) is 49.6 Å². The van der Waals surface area contributed by atoms with Crippen LogP contribution in [0.15, 0.2) is 47.0 Å². The molecule has 1 N–H and O–H groups in total. The first-order valence-corrected chi connectivity index (χ1v) is 8.50. The molecule has 25 heavy (non-hydrogen) atoms. The molecule has 0 spiro atoms. The Labute approximate surface area is 145 Å². The highest BCUT2D eigenvalue weighted by Gasteiger charge is 2.36. The van der Waals surface area contributed by atoms with Crippen molar-refractivity contribution < 1.29 is 9.21 Å². The topological polar surface area (TPSA) is 72.4 Å². The number of carbonyl (C=O) groups is 1. The maximum absolute atomic E-state index is 12.2. The monoisotopic (exact) mass is 336 g/mol. The second kappa shape index (κ2) is 6.20. The molecule has 0 unspecified atom stereocenters. The lowest BCUT2D eigenvalue weighted by Crippen LogP contribution is -2.26. The lowest BCUT2D eigenvalue weighted by atomic mass is 10.3. The molecular formula is C19H20N4O2. The Bertz CT molecular complexity index is 940. The van der Waals surface area contributed by atoms with Gasteiger partial charge in [0, 0.05) is 18.2 Å². The number of nitrogens with one attached hydrogen (secondary N) is 1. The molecule has 1 amide bonds. The number of fused-ring (bicyclic) bond motifs is 1. The largest absolute Gasteiger partial charge is 0.461 e. The fraction of sp³-hybridized carbons (Fsp3) is 0.316. The van der Waals surface area contributed by atoms with E-state index in [0.29, 0.717) is 23.4 Å². The van der Waals surface area contributed by atoms with Gasteiger partial charge >= 0.3 is 0 Å². The molecule has 0 radical (unpaired) electrons. The fourth-order valence-electron chi connectivity index (χ4n) is 3.01. The number of hydrogen-bond donors (Lipinski definition) is 1. The Balaban J connectivity index is 1.40. The van der Waals surface area contributed by atoms with Crippen LogP contribution in [-0.2, 0) is 4.79 Å². The van der Waals surface area contributed by atoms with Crippen LogP contribution in [-0.4, -0.2) is 20.5 Å². The first-order valence-electron chi connectivity index (χ1n) is 8.50. The van der Waals surface area contributed by atoms with E-state index < -0.39 is 0 Å². The molecule has 6 nitrogen and oxygen atoms in total. The van der Waals surface area contributed by atoms with Crippen LogP contribution in [0.25, 0.3) is 11.7 Å². The summed E-state index contributed by atoms with van der Waals surface area (Å²) < 4.78 is 7.64. The van der Waals surface area contributed by atoms with Gasteiger partial charge in [-0.2, -0.15) is 0 Å². The summed E-state index contributed by atoms with van der Waals surface area (Å²) in [6.45, 7) is 4.10. The fourth-order valence-corrected chi connectivity index (χ4v) is 3.01. The number of nitrogens with zero attached hydrogens (tertiary/aromatic N) is 3. The van der Waals surface area contributed by atoms with Crippen LogP contribution < -0.4 is 5.32 Å². The first kappa shape index (κ1) is 15.6. The van der Waals surface area contributed by atoms with Gasteiger partial charge in [-0.3, -0.25) is 9.20 Å². The van der Waals surface area contributed by atoms with E-state index in [0.717, 1.165) is 11.4 Å². The quantitative estimate of drug-likeness (QED) is 0.725. The van der Waals surface area contributed by atoms with Gasteiger partial charge in [-0.25, -0.2) is 0 Å². The Morgan fingerprint density at radius 1 is 1.36 bits per heavy atom. The average Bonchev–Trinajstić information content (AvgIpc) is 3.04. The number of aromatic nitrogens is 3. The molecule has 4 rings (SSSR count). The Morgan fingerprint density at radius 2 is 2.20 bits per heavy atom. The van der Waals surface area contributed by atoms with Crippen molar-refractivity contribution >= 4 is 17.6 Å². The smallest absolute Gasteiger partial charge is 0.244 e. The number of pyridine rings is 1. The normalized spacial score (nSPS) is 20.9. The van der Waals surface area contributed by atoms with Crippen molar-refractivity contribution in [2.45, 2.75) is 32.2 Å². The standard InChI is InChI=1S/C19H20N4O2/c1-12-11-15(12)16-8-6-14(25-16)7-9-18(24)20-13(2)19-22-21-17-5-3-4-10-23(17)19/h3-10,12-13,15H,11H2,1-2H3,(H,20,24)/b9-7-/t12-,13-,15+/m0/s1. The molecule has 3 atom stereocenters. The number of rotatable bonds is 5. The SMILES string of the molecule is C[C@H](NC(=O)/C=C\c1ccc([C@@H]2C[C@@H]2C)o1)c1nnc2ccccn12. The van der Waals surface area contributed by atoms with Gasteiger partial charge in [0.2, 0.25) is 5.91 Å². The van der Waals surface area contributed by atoms with E-state index in [1.807, 2.05) is 47.9 Å². The molecule has 1 saturated carbocycles. The Morgan fingerprint density at radius 3 is 3.00 bits per heavy atom. The van der Waals surface area contributed by atoms with Crippen LogP contribution in [0.3, 0.4) is 0 Å². The lowest BCUT2D eigenvalue weighted by molar-refractivity contribution is -0.117. The number of carbonyl (C=O) groups excluding carboxylic acids is 1. The molecule has 3 aromatic rings. The van der Waals surface area contributed by atoms with Crippen LogP contribution in [0.4, 0.5) is 0 Å². The molecule has 0 aliphatic heterocycles. The van der Waals surface area contributed by atoms with E-state index in [-0.39, 0.29) is 11.9 Å². The molecule has 1 aliphatic rings. The maximum Gasteiger partial charge on any atom is 0.244 e. The maximum atomic E-state index is 12.2. The van der Waals surface area contributed by atoms with Gasteiger partial charge < -0.3 is 9.73 Å². The average molecular weight is 336 g/mol. The molecule has 0 bridgehead atoms. The third kappa shape index (κ3) is 3.20. The minimum Gasteiger partial charge on any atom is -0.461 e. The lowest BCUT2D eigenvalue weighted by Gasteiger charge is -2.10. The van der Waals surface area contributed by atoms with Crippen LogP contribution in [0.5, 0.6) is 0 Å². The van der Waals surface area contributed by atoms with Gasteiger partial charge in [0.1, 0.15) is 11.5 Å². The second-order valence-corrected chi connectivity index (χ2v) is 6.61. The van der Waals surface area contributed by atoms with Gasteiger partial charge in [-0.15, -0.1) is 10.2 Å². The van der Waals surface area contributed by atoms with E-state index in [1.54, 1.807) is 6.08 Å². The predicted octanol–water partition coefficient (Wildman–Crippen LogP) is 3.34. The number of amides is 1. The molecule has 6 heteroatoms. The van der Waals surface area contributed by atoms with Gasteiger partial charge in [0.15, 0.2) is 11.5 Å². The summed E-state index contributed by atoms with van der Waals surface area (Å²) >= 11 is 0. The van der Waals surface area contributed by atoms with Crippen LogP contribution in [0, 0.1) is 5.92 Å². The summed E-state index contributed by atoms with van der Waals surface area (Å²) in [6, 6.07) is 9.33. The zero-order valence-electron chi connectivity index (χ0n) is 14.2. The third-order valence-electron chi connectivity index (χ3n) is 4.61. The van der Waals surface area contributed by atoms with Crippen LogP contribution in [0.2, 0.25) is 0 Å². The summed E-state index contributed by atoms with van der Waals surface area (Å²) in [7, 11) is 0. The van der Waals surface area contributed by atoms with Crippen molar-refractivity contribution in [2.24, 2.45) is 5.92 Å². The summed E-state index contributed by atoms with van der Waals surface area (Å²) in [5, 5.41) is 11.2. The van der Waals surface area contributed by atoms with Crippen molar-refractivity contribution in [3.63, 3.8) is 0 Å². The van der Waals surface area contributed by atoms with E-state index in [1.165, 1.54) is 12.5 Å². The summed E-state index contributed by atoms with van der Waals surface area (Å²) in [4.78, 5) is 12.2. The molecule has 3 aromatic heterocycles. The Hall–Kier alpha value is -2.89. The second-order valence-electron chi connectivity index (χ2n) is 6.61. The zero-order chi connectivity index (χ0) is 17.4. The molecule has 0 saturated heterocycles. The van der Waals surface area contributed by atoms with Gasteiger partial charge in [-0.1, -0.05) is 13.0 Å². The van der Waals surface area contributed by atoms with E-state index >= 15 is 0 Å². The first-order chi connectivity index (χ1) is 12.1. The molecule has 0 aromatic carbocycles. The van der Waals surface area contributed by atoms with Crippen molar-refractivity contribution in [1.82, 2.24) is 19.9 Å². The highest BCUT2D eigenvalue weighted by atomic mass is 16.3. The minimum absolute atomic E-state index is 0.196. The van der Waals surface area contributed by atoms with Crippen LogP contribution >= 0.6 is 0 Å². The van der Waals surface area contributed by atoms with E-state index in [4.69, 9.17) is 4.42 Å². The summed E-state index contributed by atoms with van der Waals surface area (Å²) in [5.41, 5.74) is 0.756. The van der Waals surface area contributed by atoms with Crippen molar-refractivity contribution in [2.75, 3.05) is 0 Å². The highest BCUT2D eigenvalue weighted by Crippen LogP contribution is 2.47. The highest BCUT2D eigenvalue weighted by molar-refractivity contribution is 5.91. The minimum atomic E-state index is -0.256. The van der Waals surface area contributed by atoms with Gasteiger partial charge in [0.25, 0.3) is 0 Å². The molecule has 128 valence electrons. The van der Waals surface area contributed by atoms with Crippen molar-refractivity contribution in [3.05, 3.63) is 59.9 Å². The molecule has 1 aliphatic carbocycles. The summed E-state index contributed by atoms with van der Waals surface area (Å²) in [5.74, 6) is 3.45. The predicted molar refractivity (Wildman–Crippen MR) is 93.8 cm³/mol. The number of furan rings is 1. The van der Waals surface area contributed by atoms with Gasteiger partial charge in [0.05, 0.1) is 6.04 Å². The zero-order valence-corrected chi connectivity index (χ0v) is 14.2. The molecule has 1 fully saturated rings. The Kier molecular flexibility index (Phi) is 3.87. The van der Waals surface area contributed by atoms with Crippen molar-refractivity contribution in [3.8, 4) is 0 Å². The molecular weight excluding hydrogens is 316 g/mol. The molecule has 3 heterocycles.